The van der Waals surface area contributed by atoms with Gasteiger partial charge in [0.25, 0.3) is 0 Å². The standard InChI is InChI=1S/C9H4Br2F4O/c10-3-6(16)4-1-2-5(9(13,14)15)7(11)8(4)12/h1-2H,3H2. The van der Waals surface area contributed by atoms with Crippen LogP contribution in [0.15, 0.2) is 16.6 Å². The molecule has 0 atom stereocenters. The smallest absolute Gasteiger partial charge is 0.293 e. The number of Topliss-reactive ketones (excluding diaryl/α,β-unsaturated/α-hetero) is 1. The highest BCUT2D eigenvalue weighted by molar-refractivity contribution is 9.10. The molecule has 0 spiro atoms. The fourth-order valence-corrected chi connectivity index (χ4v) is 1.93. The Labute approximate surface area is 105 Å². The van der Waals surface area contributed by atoms with Gasteiger partial charge in [-0.15, -0.1) is 0 Å². The van der Waals surface area contributed by atoms with Crippen LogP contribution in [0.3, 0.4) is 0 Å². The van der Waals surface area contributed by atoms with Crippen molar-refractivity contribution in [3.05, 3.63) is 33.5 Å². The summed E-state index contributed by atoms with van der Waals surface area (Å²) in [5.41, 5.74) is -1.52. The topological polar surface area (TPSA) is 17.1 Å². The number of carbonyl (C=O) groups excluding carboxylic acids is 1. The third-order valence-corrected chi connectivity index (χ3v) is 3.09. The highest BCUT2D eigenvalue weighted by atomic mass is 79.9. The van der Waals surface area contributed by atoms with Gasteiger partial charge in [-0.1, -0.05) is 15.9 Å². The summed E-state index contributed by atoms with van der Waals surface area (Å²) in [6, 6.07) is 1.50. The van der Waals surface area contributed by atoms with Crippen LogP contribution in [-0.4, -0.2) is 11.1 Å². The number of rotatable bonds is 2. The predicted octanol–water partition coefficient (Wildman–Crippen LogP) is 4.18. The monoisotopic (exact) mass is 362 g/mol. The van der Waals surface area contributed by atoms with Crippen molar-refractivity contribution in [3.8, 4) is 0 Å². The molecule has 16 heavy (non-hydrogen) atoms. The molecule has 7 heteroatoms. The van der Waals surface area contributed by atoms with E-state index in [1.54, 1.807) is 0 Å². The Bertz CT molecular complexity index is 428. The van der Waals surface area contributed by atoms with Crippen molar-refractivity contribution >= 4 is 37.6 Å². The minimum Gasteiger partial charge on any atom is -0.293 e. The first-order valence-electron chi connectivity index (χ1n) is 3.93. The molecule has 0 saturated heterocycles. The number of hydrogen-bond acceptors (Lipinski definition) is 1. The van der Waals surface area contributed by atoms with Gasteiger partial charge in [-0.05, 0) is 28.1 Å². The van der Waals surface area contributed by atoms with Crippen LogP contribution < -0.4 is 0 Å². The summed E-state index contributed by atoms with van der Waals surface area (Å²) in [4.78, 5) is 11.2. The molecule has 0 radical (unpaired) electrons. The lowest BCUT2D eigenvalue weighted by molar-refractivity contribution is -0.138. The summed E-state index contributed by atoms with van der Waals surface area (Å²) in [5.74, 6) is -1.81. The van der Waals surface area contributed by atoms with Crippen molar-refractivity contribution in [2.45, 2.75) is 6.18 Å². The Morgan fingerprint density at radius 1 is 1.31 bits per heavy atom. The van der Waals surface area contributed by atoms with E-state index in [0.717, 1.165) is 6.07 Å². The van der Waals surface area contributed by atoms with Gasteiger partial charge in [-0.25, -0.2) is 4.39 Å². The van der Waals surface area contributed by atoms with Crippen molar-refractivity contribution in [1.29, 1.82) is 0 Å². The first-order valence-corrected chi connectivity index (χ1v) is 5.85. The Kier molecular flexibility index (Phi) is 4.12. The molecule has 1 nitrogen and oxygen atoms in total. The molecule has 0 amide bonds. The van der Waals surface area contributed by atoms with Crippen LogP contribution in [0.4, 0.5) is 17.6 Å². The zero-order chi connectivity index (χ0) is 12.5. The largest absolute Gasteiger partial charge is 0.417 e. The zero-order valence-corrected chi connectivity index (χ0v) is 10.7. The van der Waals surface area contributed by atoms with Gasteiger partial charge in [0.05, 0.1) is 20.9 Å². The van der Waals surface area contributed by atoms with Crippen molar-refractivity contribution < 1.29 is 22.4 Å². The van der Waals surface area contributed by atoms with Crippen LogP contribution in [0.5, 0.6) is 0 Å². The SMILES string of the molecule is O=C(CBr)c1ccc(C(F)(F)F)c(Br)c1F. The molecule has 0 saturated carbocycles. The highest BCUT2D eigenvalue weighted by Gasteiger charge is 2.35. The third kappa shape index (κ3) is 2.63. The first-order chi connectivity index (χ1) is 7.29. The molecular weight excluding hydrogens is 360 g/mol. The number of benzene rings is 1. The summed E-state index contributed by atoms with van der Waals surface area (Å²) < 4.78 is 49.8. The molecule has 88 valence electrons. The minimum absolute atomic E-state index is 0.151. The molecule has 0 unspecified atom stereocenters. The van der Waals surface area contributed by atoms with E-state index < -0.39 is 27.8 Å². The lowest BCUT2D eigenvalue weighted by Crippen LogP contribution is -2.11. The second kappa shape index (κ2) is 4.83. The maximum absolute atomic E-state index is 13.4. The quantitative estimate of drug-likeness (QED) is 0.437. The normalized spacial score (nSPS) is 11.6. The molecule has 1 aromatic carbocycles. The van der Waals surface area contributed by atoms with E-state index in [0.29, 0.717) is 6.07 Å². The summed E-state index contributed by atoms with van der Waals surface area (Å²) in [7, 11) is 0. The van der Waals surface area contributed by atoms with E-state index in [1.165, 1.54) is 0 Å². The van der Waals surface area contributed by atoms with E-state index in [4.69, 9.17) is 0 Å². The van der Waals surface area contributed by atoms with Crippen LogP contribution >= 0.6 is 31.9 Å². The van der Waals surface area contributed by atoms with Crippen LogP contribution in [0.25, 0.3) is 0 Å². The van der Waals surface area contributed by atoms with Crippen LogP contribution in [0, 0.1) is 5.82 Å². The molecular formula is C9H4Br2F4O. The van der Waals surface area contributed by atoms with E-state index in [9.17, 15) is 22.4 Å². The van der Waals surface area contributed by atoms with Gasteiger partial charge in [0.1, 0.15) is 5.82 Å². The van der Waals surface area contributed by atoms with Crippen LogP contribution in [0.2, 0.25) is 0 Å². The van der Waals surface area contributed by atoms with Gasteiger partial charge < -0.3 is 0 Å². The average molecular weight is 364 g/mol. The van der Waals surface area contributed by atoms with Gasteiger partial charge in [0.2, 0.25) is 0 Å². The van der Waals surface area contributed by atoms with Crippen LogP contribution in [0.1, 0.15) is 15.9 Å². The Hall–Kier alpha value is -0.430. The van der Waals surface area contributed by atoms with Crippen molar-refractivity contribution in [3.63, 3.8) is 0 Å². The fourth-order valence-electron chi connectivity index (χ4n) is 1.06. The number of halogens is 6. The molecule has 0 bridgehead atoms. The van der Waals surface area contributed by atoms with Crippen molar-refractivity contribution in [2.24, 2.45) is 0 Å². The molecule has 0 aliphatic heterocycles. The van der Waals surface area contributed by atoms with Gasteiger partial charge in [-0.2, -0.15) is 13.2 Å². The van der Waals surface area contributed by atoms with E-state index in [2.05, 4.69) is 31.9 Å². The Morgan fingerprint density at radius 2 is 1.88 bits per heavy atom. The highest BCUT2D eigenvalue weighted by Crippen LogP contribution is 2.37. The molecule has 0 aromatic heterocycles. The number of alkyl halides is 4. The molecule has 0 N–H and O–H groups in total. The molecule has 0 aliphatic carbocycles. The van der Waals surface area contributed by atoms with Gasteiger partial charge in [0.15, 0.2) is 5.78 Å². The van der Waals surface area contributed by atoms with E-state index >= 15 is 0 Å². The predicted molar refractivity (Wildman–Crippen MR) is 57.2 cm³/mol. The minimum atomic E-state index is -4.66. The Balaban J connectivity index is 3.35. The number of carbonyl (C=O) groups is 1. The fraction of sp³-hybridized carbons (Fsp3) is 0.222. The Morgan fingerprint density at radius 3 is 2.31 bits per heavy atom. The van der Waals surface area contributed by atoms with E-state index in [1.807, 2.05) is 0 Å². The second-order valence-electron chi connectivity index (χ2n) is 2.84. The summed E-state index contributed by atoms with van der Waals surface area (Å²) in [5, 5.41) is -0.151. The average Bonchev–Trinajstić information content (AvgIpc) is 2.19. The number of ketones is 1. The van der Waals surface area contributed by atoms with Gasteiger partial charge >= 0.3 is 6.18 Å². The number of hydrogen-bond donors (Lipinski definition) is 0. The molecule has 1 rings (SSSR count). The van der Waals surface area contributed by atoms with E-state index in [-0.39, 0.29) is 10.9 Å². The second-order valence-corrected chi connectivity index (χ2v) is 4.20. The third-order valence-electron chi connectivity index (χ3n) is 1.81. The van der Waals surface area contributed by atoms with Gasteiger partial charge in [0, 0.05) is 0 Å². The molecule has 0 heterocycles. The van der Waals surface area contributed by atoms with Crippen molar-refractivity contribution in [2.75, 3.05) is 5.33 Å². The van der Waals surface area contributed by atoms with Crippen molar-refractivity contribution in [1.82, 2.24) is 0 Å². The maximum atomic E-state index is 13.4. The lowest BCUT2D eigenvalue weighted by atomic mass is 10.1. The van der Waals surface area contributed by atoms with Gasteiger partial charge in [-0.3, -0.25) is 4.79 Å². The molecule has 0 aliphatic rings. The van der Waals surface area contributed by atoms with Crippen LogP contribution in [-0.2, 0) is 6.18 Å². The summed E-state index contributed by atoms with van der Waals surface area (Å²) in [6.07, 6.45) is -4.66. The summed E-state index contributed by atoms with van der Waals surface area (Å²) >= 11 is 5.32. The first kappa shape index (κ1) is 13.6. The lowest BCUT2D eigenvalue weighted by Gasteiger charge is -2.11. The zero-order valence-electron chi connectivity index (χ0n) is 7.54. The maximum Gasteiger partial charge on any atom is 0.417 e. The molecule has 0 fully saturated rings. The molecule has 1 aromatic rings. The summed E-state index contributed by atoms with van der Waals surface area (Å²) in [6.45, 7) is 0.